The summed E-state index contributed by atoms with van der Waals surface area (Å²) in [5, 5.41) is 0.701. The molecule has 5 heteroatoms. The first-order valence-electron chi connectivity index (χ1n) is 6.58. The van der Waals surface area contributed by atoms with Gasteiger partial charge in [-0.3, -0.25) is 0 Å². The lowest BCUT2D eigenvalue weighted by Crippen LogP contribution is -1.99. The maximum atomic E-state index is 6.01. The van der Waals surface area contributed by atoms with Crippen LogP contribution in [0.3, 0.4) is 0 Å². The predicted octanol–water partition coefficient (Wildman–Crippen LogP) is 4.26. The first-order chi connectivity index (χ1) is 10.0. The number of hydrogen-bond donors (Lipinski definition) is 1. The first-order valence-corrected chi connectivity index (χ1v) is 6.96. The Hall–Kier alpha value is -2.20. The van der Waals surface area contributed by atoms with Gasteiger partial charge in [-0.15, -0.1) is 0 Å². The second-order valence-corrected chi connectivity index (χ2v) is 5.40. The Balaban J connectivity index is 1.85. The van der Waals surface area contributed by atoms with Crippen molar-refractivity contribution < 1.29 is 9.15 Å². The Kier molecular flexibility index (Phi) is 3.47. The fourth-order valence-corrected chi connectivity index (χ4v) is 2.66. The SMILES string of the molecule is Cc1cc(Cl)cc(C)c1OCc1nc2c(N)cccc2o1. The van der Waals surface area contributed by atoms with Crippen LogP contribution in [0.1, 0.15) is 17.0 Å². The van der Waals surface area contributed by atoms with Crippen molar-refractivity contribution in [3.8, 4) is 5.75 Å². The first kappa shape index (κ1) is 13.8. The number of halogens is 1. The highest BCUT2D eigenvalue weighted by Crippen LogP contribution is 2.28. The summed E-state index contributed by atoms with van der Waals surface area (Å²) in [5.41, 5.74) is 9.76. The van der Waals surface area contributed by atoms with Gasteiger partial charge in [0.05, 0.1) is 5.69 Å². The van der Waals surface area contributed by atoms with E-state index in [0.29, 0.717) is 27.7 Å². The molecule has 0 fully saturated rings. The molecule has 0 saturated heterocycles. The number of hydrogen-bond acceptors (Lipinski definition) is 4. The van der Waals surface area contributed by atoms with Crippen molar-refractivity contribution >= 4 is 28.4 Å². The molecule has 0 spiro atoms. The van der Waals surface area contributed by atoms with Crippen molar-refractivity contribution in [2.75, 3.05) is 5.73 Å². The van der Waals surface area contributed by atoms with Crippen molar-refractivity contribution in [2.45, 2.75) is 20.5 Å². The summed E-state index contributed by atoms with van der Waals surface area (Å²) < 4.78 is 11.5. The van der Waals surface area contributed by atoms with Crippen LogP contribution >= 0.6 is 11.6 Å². The highest BCUT2D eigenvalue weighted by Gasteiger charge is 2.11. The van der Waals surface area contributed by atoms with Gasteiger partial charge in [0.1, 0.15) is 11.3 Å². The summed E-state index contributed by atoms with van der Waals surface area (Å²) in [5.74, 6) is 1.30. The molecular formula is C16H15ClN2O2. The monoisotopic (exact) mass is 302 g/mol. The number of aromatic nitrogens is 1. The van der Waals surface area contributed by atoms with Crippen molar-refractivity contribution in [1.82, 2.24) is 4.98 Å². The van der Waals surface area contributed by atoms with E-state index in [-0.39, 0.29) is 6.61 Å². The molecule has 0 aliphatic heterocycles. The van der Waals surface area contributed by atoms with Crippen LogP contribution in [0.15, 0.2) is 34.7 Å². The van der Waals surface area contributed by atoms with Crippen LogP contribution in [0.5, 0.6) is 5.75 Å². The van der Waals surface area contributed by atoms with E-state index in [9.17, 15) is 0 Å². The molecule has 1 aromatic heterocycles. The fraction of sp³-hybridized carbons (Fsp3) is 0.188. The van der Waals surface area contributed by atoms with Gasteiger partial charge in [-0.1, -0.05) is 17.7 Å². The van der Waals surface area contributed by atoms with E-state index in [1.165, 1.54) is 0 Å². The van der Waals surface area contributed by atoms with Crippen molar-refractivity contribution in [3.63, 3.8) is 0 Å². The molecule has 4 nitrogen and oxygen atoms in total. The van der Waals surface area contributed by atoms with Gasteiger partial charge in [0.2, 0.25) is 5.89 Å². The Morgan fingerprint density at radius 3 is 2.62 bits per heavy atom. The van der Waals surface area contributed by atoms with Gasteiger partial charge in [-0.25, -0.2) is 4.98 Å². The van der Waals surface area contributed by atoms with Gasteiger partial charge >= 0.3 is 0 Å². The number of fused-ring (bicyclic) bond motifs is 1. The normalized spacial score (nSPS) is 11.0. The summed E-state index contributed by atoms with van der Waals surface area (Å²) in [4.78, 5) is 4.36. The van der Waals surface area contributed by atoms with E-state index in [4.69, 9.17) is 26.5 Å². The number of para-hydroxylation sites is 1. The topological polar surface area (TPSA) is 61.3 Å². The van der Waals surface area contributed by atoms with Crippen LogP contribution in [0, 0.1) is 13.8 Å². The largest absolute Gasteiger partial charge is 0.483 e. The van der Waals surface area contributed by atoms with Gasteiger partial charge in [-0.2, -0.15) is 0 Å². The lowest BCUT2D eigenvalue weighted by Gasteiger charge is -2.11. The molecule has 0 unspecified atom stereocenters. The molecule has 3 aromatic rings. The average Bonchev–Trinajstić information content (AvgIpc) is 2.82. The third kappa shape index (κ3) is 2.67. The molecule has 0 aliphatic carbocycles. The van der Waals surface area contributed by atoms with Gasteiger partial charge in [0, 0.05) is 5.02 Å². The van der Waals surface area contributed by atoms with E-state index in [2.05, 4.69) is 4.98 Å². The van der Waals surface area contributed by atoms with Crippen molar-refractivity contribution in [2.24, 2.45) is 0 Å². The number of rotatable bonds is 3. The highest BCUT2D eigenvalue weighted by molar-refractivity contribution is 6.30. The maximum absolute atomic E-state index is 6.01. The van der Waals surface area contributed by atoms with Crippen molar-refractivity contribution in [3.05, 3.63) is 52.4 Å². The molecule has 108 valence electrons. The molecule has 0 amide bonds. The zero-order chi connectivity index (χ0) is 15.0. The summed E-state index contributed by atoms with van der Waals surface area (Å²) in [6.07, 6.45) is 0. The lowest BCUT2D eigenvalue weighted by atomic mass is 10.1. The fourth-order valence-electron chi connectivity index (χ4n) is 2.34. The molecule has 1 heterocycles. The van der Waals surface area contributed by atoms with E-state index < -0.39 is 0 Å². The van der Waals surface area contributed by atoms with Crippen LogP contribution in [-0.2, 0) is 6.61 Å². The summed E-state index contributed by atoms with van der Waals surface area (Å²) in [6, 6.07) is 9.20. The van der Waals surface area contributed by atoms with Gasteiger partial charge in [0.25, 0.3) is 0 Å². The molecule has 2 N–H and O–H groups in total. The minimum absolute atomic E-state index is 0.247. The molecule has 0 radical (unpaired) electrons. The number of aryl methyl sites for hydroxylation is 2. The smallest absolute Gasteiger partial charge is 0.233 e. The van der Waals surface area contributed by atoms with E-state index in [0.717, 1.165) is 16.9 Å². The van der Waals surface area contributed by atoms with E-state index >= 15 is 0 Å². The lowest BCUT2D eigenvalue weighted by molar-refractivity contribution is 0.264. The number of nitrogen functional groups attached to an aromatic ring is 1. The molecule has 21 heavy (non-hydrogen) atoms. The molecule has 0 aliphatic rings. The van der Waals surface area contributed by atoms with Crippen LogP contribution in [-0.4, -0.2) is 4.98 Å². The van der Waals surface area contributed by atoms with Crippen LogP contribution in [0.4, 0.5) is 5.69 Å². The second-order valence-electron chi connectivity index (χ2n) is 4.96. The van der Waals surface area contributed by atoms with E-state index in [1.54, 1.807) is 6.07 Å². The molecular weight excluding hydrogens is 288 g/mol. The van der Waals surface area contributed by atoms with Gasteiger partial charge < -0.3 is 14.9 Å². The number of nitrogens with two attached hydrogens (primary N) is 1. The quantitative estimate of drug-likeness (QED) is 0.734. The van der Waals surface area contributed by atoms with Crippen LogP contribution in [0.25, 0.3) is 11.1 Å². The molecule has 0 saturated carbocycles. The van der Waals surface area contributed by atoms with Gasteiger partial charge in [-0.05, 0) is 49.2 Å². The Labute approximate surface area is 127 Å². The number of anilines is 1. The summed E-state index contributed by atoms with van der Waals surface area (Å²) in [6.45, 7) is 4.16. The summed E-state index contributed by atoms with van der Waals surface area (Å²) >= 11 is 6.01. The van der Waals surface area contributed by atoms with E-state index in [1.807, 2.05) is 38.1 Å². The van der Waals surface area contributed by atoms with Gasteiger partial charge in [0.15, 0.2) is 12.2 Å². The minimum Gasteiger partial charge on any atom is -0.483 e. The Morgan fingerprint density at radius 2 is 1.95 bits per heavy atom. The van der Waals surface area contributed by atoms with Crippen LogP contribution in [0.2, 0.25) is 5.02 Å². The summed E-state index contributed by atoms with van der Waals surface area (Å²) in [7, 11) is 0. The number of nitrogens with zero attached hydrogens (tertiary/aromatic N) is 1. The average molecular weight is 303 g/mol. The zero-order valence-electron chi connectivity index (χ0n) is 11.8. The number of benzene rings is 2. The Bertz CT molecular complexity index is 788. The van der Waals surface area contributed by atoms with Crippen LogP contribution < -0.4 is 10.5 Å². The number of ether oxygens (including phenoxy) is 1. The molecule has 0 atom stereocenters. The number of oxazole rings is 1. The second kappa shape index (κ2) is 5.30. The third-order valence-corrected chi connectivity index (χ3v) is 3.48. The molecule has 3 rings (SSSR count). The highest BCUT2D eigenvalue weighted by atomic mass is 35.5. The third-order valence-electron chi connectivity index (χ3n) is 3.26. The molecule has 2 aromatic carbocycles. The molecule has 0 bridgehead atoms. The van der Waals surface area contributed by atoms with Crippen molar-refractivity contribution in [1.29, 1.82) is 0 Å². The maximum Gasteiger partial charge on any atom is 0.233 e. The predicted molar refractivity (Wildman–Crippen MR) is 83.7 cm³/mol. The standard InChI is InChI=1S/C16H15ClN2O2/c1-9-6-11(17)7-10(2)16(9)20-8-14-19-15-12(18)4-3-5-13(15)21-14/h3-7H,8,18H2,1-2H3. The Morgan fingerprint density at radius 1 is 1.24 bits per heavy atom. The zero-order valence-corrected chi connectivity index (χ0v) is 12.6. The minimum atomic E-state index is 0.247.